The Morgan fingerprint density at radius 3 is 1.90 bits per heavy atom. The first-order valence-electron chi connectivity index (χ1n) is 15.5. The van der Waals surface area contributed by atoms with E-state index in [4.69, 9.17) is 27.8 Å². The summed E-state index contributed by atoms with van der Waals surface area (Å²) in [5.41, 5.74) is 2.26. The van der Waals surface area contributed by atoms with Crippen LogP contribution >= 0.6 is 0 Å². The summed E-state index contributed by atoms with van der Waals surface area (Å²) in [7, 11) is -2.89. The summed E-state index contributed by atoms with van der Waals surface area (Å²) in [5.74, 6) is 0. The Morgan fingerprint density at radius 1 is 0.732 bits per heavy atom. The van der Waals surface area contributed by atoms with Gasteiger partial charge in [-0.25, -0.2) is 0 Å². The molecule has 226 valence electrons. The van der Waals surface area contributed by atoms with Gasteiger partial charge in [0, 0.05) is 10.1 Å². The molecule has 0 amide bonds. The van der Waals surface area contributed by atoms with Crippen molar-refractivity contribution in [3.8, 4) is 0 Å². The van der Waals surface area contributed by atoms with Crippen molar-refractivity contribution in [2.24, 2.45) is 0 Å². The lowest BCUT2D eigenvalue weighted by Gasteiger charge is -2.56. The van der Waals surface area contributed by atoms with Crippen molar-refractivity contribution < 1.29 is 27.8 Å². The van der Waals surface area contributed by atoms with E-state index in [0.29, 0.717) is 19.8 Å². The Kier molecular flexibility index (Phi) is 9.76. The van der Waals surface area contributed by atoms with Crippen LogP contribution in [0.25, 0.3) is 0 Å². The average molecular weight is 583 g/mol. The van der Waals surface area contributed by atoms with Crippen LogP contribution in [0.15, 0.2) is 60.7 Å². The molecule has 5 rings (SSSR count). The summed E-state index contributed by atoms with van der Waals surface area (Å²) in [6.07, 6.45) is 4.15. The predicted molar refractivity (Wildman–Crippen MR) is 163 cm³/mol. The lowest BCUT2D eigenvalue weighted by molar-refractivity contribution is -0.215. The van der Waals surface area contributed by atoms with Gasteiger partial charge >= 0.3 is 8.56 Å². The van der Waals surface area contributed by atoms with Gasteiger partial charge in [0.1, 0.15) is 18.3 Å². The van der Waals surface area contributed by atoms with Crippen LogP contribution in [0.3, 0.4) is 0 Å². The zero-order valence-electron chi connectivity index (χ0n) is 25.8. The molecule has 6 nitrogen and oxygen atoms in total. The quantitative estimate of drug-likeness (QED) is 0.283. The molecule has 2 heterocycles. The molecule has 2 aromatic rings. The summed E-state index contributed by atoms with van der Waals surface area (Å²) in [6.45, 7) is 14.9. The maximum atomic E-state index is 7.27. The second kappa shape index (κ2) is 13.0. The van der Waals surface area contributed by atoms with Gasteiger partial charge in [0.15, 0.2) is 6.29 Å². The summed E-state index contributed by atoms with van der Waals surface area (Å²) in [5, 5.41) is -0.389. The molecule has 3 aliphatic rings. The van der Waals surface area contributed by atoms with Crippen LogP contribution in [0.4, 0.5) is 0 Å². The SMILES string of the molecule is CC(C)(C)[Si]1(C(C)(C)C)O[C@H]2[C@@H](O[C@@H](OC3CCCCC3)[C@@H]2OCc2ccccc2)[C@@H](COCc2ccccc2)O1. The van der Waals surface area contributed by atoms with Crippen molar-refractivity contribution >= 4 is 8.56 Å². The molecule has 41 heavy (non-hydrogen) atoms. The fourth-order valence-corrected chi connectivity index (χ4v) is 11.9. The summed E-state index contributed by atoms with van der Waals surface area (Å²) in [4.78, 5) is 0. The fraction of sp³-hybridized carbons (Fsp3) is 0.647. The van der Waals surface area contributed by atoms with Gasteiger partial charge in [-0.15, -0.1) is 0 Å². The molecule has 7 heteroatoms. The van der Waals surface area contributed by atoms with Crippen LogP contribution < -0.4 is 0 Å². The Balaban J connectivity index is 1.44. The first kappa shape index (κ1) is 30.9. The minimum Gasteiger partial charge on any atom is -0.385 e. The highest BCUT2D eigenvalue weighted by Crippen LogP contribution is 2.57. The van der Waals surface area contributed by atoms with Crippen LogP contribution in [-0.4, -0.2) is 52.0 Å². The Bertz CT molecular complexity index is 1060. The molecule has 3 fully saturated rings. The van der Waals surface area contributed by atoms with Gasteiger partial charge in [-0.1, -0.05) is 121 Å². The minimum absolute atomic E-state index is 0.178. The second-order valence-electron chi connectivity index (χ2n) is 14.0. The zero-order chi connectivity index (χ0) is 29.1. The first-order chi connectivity index (χ1) is 19.6. The Morgan fingerprint density at radius 2 is 1.32 bits per heavy atom. The highest BCUT2D eigenvalue weighted by atomic mass is 28.4. The van der Waals surface area contributed by atoms with E-state index < -0.39 is 14.9 Å². The van der Waals surface area contributed by atoms with Crippen molar-refractivity contribution in [1.29, 1.82) is 0 Å². The van der Waals surface area contributed by atoms with Crippen LogP contribution in [0.5, 0.6) is 0 Å². The van der Waals surface area contributed by atoms with Crippen LogP contribution in [0, 0.1) is 0 Å². The number of ether oxygens (including phenoxy) is 4. The maximum Gasteiger partial charge on any atom is 0.350 e. The van der Waals surface area contributed by atoms with E-state index in [-0.39, 0.29) is 40.6 Å². The monoisotopic (exact) mass is 582 g/mol. The van der Waals surface area contributed by atoms with Crippen LogP contribution in [0.2, 0.25) is 10.1 Å². The van der Waals surface area contributed by atoms with E-state index >= 15 is 0 Å². The zero-order valence-corrected chi connectivity index (χ0v) is 26.8. The molecule has 2 saturated heterocycles. The second-order valence-corrected chi connectivity index (χ2v) is 18.7. The molecule has 1 saturated carbocycles. The van der Waals surface area contributed by atoms with Crippen molar-refractivity contribution in [3.05, 3.63) is 71.8 Å². The third-order valence-corrected chi connectivity index (χ3v) is 13.9. The van der Waals surface area contributed by atoms with Gasteiger partial charge in [0.05, 0.1) is 32.0 Å². The number of fused-ring (bicyclic) bond motifs is 1. The Hall–Kier alpha value is -1.58. The van der Waals surface area contributed by atoms with E-state index in [2.05, 4.69) is 65.8 Å². The van der Waals surface area contributed by atoms with E-state index in [1.54, 1.807) is 0 Å². The molecule has 0 radical (unpaired) electrons. The van der Waals surface area contributed by atoms with E-state index in [0.717, 1.165) is 24.0 Å². The molecule has 0 bridgehead atoms. The molecule has 2 aromatic carbocycles. The van der Waals surface area contributed by atoms with Gasteiger partial charge in [-0.2, -0.15) is 0 Å². The average Bonchev–Trinajstić information content (AvgIpc) is 3.29. The molecule has 0 unspecified atom stereocenters. The van der Waals surface area contributed by atoms with Crippen LogP contribution in [0.1, 0.15) is 84.8 Å². The molecule has 0 aromatic heterocycles. The molecule has 5 atom stereocenters. The van der Waals surface area contributed by atoms with Gasteiger partial charge in [-0.3, -0.25) is 0 Å². The van der Waals surface area contributed by atoms with E-state index in [1.807, 2.05) is 36.4 Å². The molecular weight excluding hydrogens is 532 g/mol. The number of hydrogen-bond donors (Lipinski definition) is 0. The number of benzene rings is 2. The normalized spacial score (nSPS) is 28.9. The van der Waals surface area contributed by atoms with E-state index in [9.17, 15) is 0 Å². The van der Waals surface area contributed by atoms with Gasteiger partial charge in [-0.05, 0) is 24.0 Å². The molecule has 0 spiro atoms. The third kappa shape index (κ3) is 6.98. The summed E-state index contributed by atoms with van der Waals surface area (Å²) < 4.78 is 40.9. The lowest BCUT2D eigenvalue weighted by atomic mass is 9.97. The number of hydrogen-bond acceptors (Lipinski definition) is 6. The predicted octanol–water partition coefficient (Wildman–Crippen LogP) is 7.69. The topological polar surface area (TPSA) is 55.4 Å². The van der Waals surface area contributed by atoms with Gasteiger partial charge in [0.2, 0.25) is 0 Å². The highest BCUT2D eigenvalue weighted by Gasteiger charge is 2.67. The molecule has 1 aliphatic carbocycles. The number of rotatable bonds is 9. The van der Waals surface area contributed by atoms with Gasteiger partial charge < -0.3 is 27.8 Å². The Labute approximate surface area is 248 Å². The fourth-order valence-electron chi connectivity index (χ4n) is 6.85. The molecular formula is C34H50O6Si. The smallest absolute Gasteiger partial charge is 0.350 e. The lowest BCUT2D eigenvalue weighted by Crippen LogP contribution is -2.68. The van der Waals surface area contributed by atoms with Crippen molar-refractivity contribution in [3.63, 3.8) is 0 Å². The van der Waals surface area contributed by atoms with Gasteiger partial charge in [0.25, 0.3) is 0 Å². The standard InChI is InChI=1S/C34H50O6Si/c1-33(2,3)41(34(4,5)6)39-28(24-35-22-25-16-10-7-11-17-25)29-30(40-41)31(36-23-26-18-12-8-13-19-26)32(38-29)37-27-20-14-9-15-21-27/h7-8,10-13,16-19,27-32H,9,14-15,20-24H2,1-6H3/t28-,29+,30+,31-,32-/m1/s1. The van der Waals surface area contributed by atoms with Crippen molar-refractivity contribution in [1.82, 2.24) is 0 Å². The highest BCUT2D eigenvalue weighted by molar-refractivity contribution is 6.73. The van der Waals surface area contributed by atoms with Crippen molar-refractivity contribution in [2.45, 2.75) is 134 Å². The van der Waals surface area contributed by atoms with Crippen molar-refractivity contribution in [2.75, 3.05) is 6.61 Å². The third-order valence-electron chi connectivity index (χ3n) is 8.73. The minimum atomic E-state index is -2.89. The van der Waals surface area contributed by atoms with Crippen LogP contribution in [-0.2, 0) is 41.0 Å². The van der Waals surface area contributed by atoms with E-state index in [1.165, 1.54) is 19.3 Å². The molecule has 0 N–H and O–H groups in total. The molecule has 2 aliphatic heterocycles. The first-order valence-corrected chi connectivity index (χ1v) is 17.3. The largest absolute Gasteiger partial charge is 0.385 e. The summed E-state index contributed by atoms with van der Waals surface area (Å²) in [6, 6.07) is 20.6. The summed E-state index contributed by atoms with van der Waals surface area (Å²) >= 11 is 0. The maximum absolute atomic E-state index is 7.27.